The second kappa shape index (κ2) is 5.84. The van der Waals surface area contributed by atoms with Crippen molar-refractivity contribution in [2.45, 2.75) is 59.5 Å². The fraction of sp³-hybridized carbons (Fsp3) is 0.750. The van der Waals surface area contributed by atoms with E-state index in [-0.39, 0.29) is 5.97 Å². The SMILES string of the molecule is C/C=C(\CCCC)C(=O)OC(C)(C)C. The molecule has 0 amide bonds. The second-order valence-electron chi connectivity index (χ2n) is 4.42. The number of carbonyl (C=O) groups is 1. The molecule has 0 spiro atoms. The first-order chi connectivity index (χ1) is 6.40. The Kier molecular flexibility index (Phi) is 5.51. The van der Waals surface area contributed by atoms with E-state index in [1.165, 1.54) is 0 Å². The topological polar surface area (TPSA) is 26.3 Å². The Bertz CT molecular complexity index is 209. The summed E-state index contributed by atoms with van der Waals surface area (Å²) < 4.78 is 5.28. The van der Waals surface area contributed by atoms with E-state index in [4.69, 9.17) is 4.74 Å². The summed E-state index contributed by atoms with van der Waals surface area (Å²) in [5.74, 6) is -0.173. The van der Waals surface area contributed by atoms with Crippen molar-refractivity contribution in [1.29, 1.82) is 0 Å². The summed E-state index contributed by atoms with van der Waals surface area (Å²) in [5.41, 5.74) is 0.402. The number of ether oxygens (including phenoxy) is 1. The lowest BCUT2D eigenvalue weighted by atomic mass is 10.1. The summed E-state index contributed by atoms with van der Waals surface area (Å²) in [6.07, 6.45) is 4.81. The predicted molar refractivity (Wildman–Crippen MR) is 59.1 cm³/mol. The number of allylic oxidation sites excluding steroid dienone is 1. The fourth-order valence-electron chi connectivity index (χ4n) is 1.08. The summed E-state index contributed by atoms with van der Waals surface area (Å²) in [4.78, 5) is 11.6. The van der Waals surface area contributed by atoms with E-state index in [0.29, 0.717) is 0 Å². The third kappa shape index (κ3) is 5.79. The van der Waals surface area contributed by atoms with Crippen LogP contribution in [0.4, 0.5) is 0 Å². The number of rotatable bonds is 4. The van der Waals surface area contributed by atoms with E-state index in [1.807, 2.05) is 33.8 Å². The van der Waals surface area contributed by atoms with Crippen LogP contribution in [0.2, 0.25) is 0 Å². The van der Waals surface area contributed by atoms with Crippen LogP contribution in [0.5, 0.6) is 0 Å². The zero-order valence-corrected chi connectivity index (χ0v) is 10.0. The lowest BCUT2D eigenvalue weighted by Gasteiger charge is -2.20. The van der Waals surface area contributed by atoms with Gasteiger partial charge in [0, 0.05) is 5.57 Å². The largest absolute Gasteiger partial charge is 0.457 e. The van der Waals surface area contributed by atoms with Crippen molar-refractivity contribution in [1.82, 2.24) is 0 Å². The quantitative estimate of drug-likeness (QED) is 0.510. The number of esters is 1. The third-order valence-corrected chi connectivity index (χ3v) is 1.81. The van der Waals surface area contributed by atoms with Crippen molar-refractivity contribution in [3.05, 3.63) is 11.6 Å². The standard InChI is InChI=1S/C12H22O2/c1-6-8-9-10(7-2)11(13)14-12(3,4)5/h7H,6,8-9H2,1-5H3/b10-7+. The van der Waals surface area contributed by atoms with Crippen LogP contribution in [0.1, 0.15) is 53.9 Å². The highest BCUT2D eigenvalue weighted by atomic mass is 16.6. The normalized spacial score (nSPS) is 12.8. The zero-order chi connectivity index (χ0) is 11.2. The van der Waals surface area contributed by atoms with Gasteiger partial charge >= 0.3 is 5.97 Å². The van der Waals surface area contributed by atoms with Crippen LogP contribution in [0, 0.1) is 0 Å². The first-order valence-electron chi connectivity index (χ1n) is 5.29. The third-order valence-electron chi connectivity index (χ3n) is 1.81. The zero-order valence-electron chi connectivity index (χ0n) is 10.0. The highest BCUT2D eigenvalue weighted by molar-refractivity contribution is 5.88. The average Bonchev–Trinajstić information content (AvgIpc) is 2.02. The van der Waals surface area contributed by atoms with Gasteiger partial charge in [0.2, 0.25) is 0 Å². The molecule has 0 fully saturated rings. The first-order valence-corrected chi connectivity index (χ1v) is 5.29. The Hall–Kier alpha value is -0.790. The molecule has 0 unspecified atom stereocenters. The van der Waals surface area contributed by atoms with Gasteiger partial charge in [-0.05, 0) is 40.5 Å². The maximum absolute atomic E-state index is 11.6. The maximum atomic E-state index is 11.6. The molecule has 0 aromatic carbocycles. The molecule has 0 bridgehead atoms. The average molecular weight is 198 g/mol. The van der Waals surface area contributed by atoms with Gasteiger partial charge in [-0.25, -0.2) is 4.79 Å². The molecule has 0 heterocycles. The first kappa shape index (κ1) is 13.2. The second-order valence-corrected chi connectivity index (χ2v) is 4.42. The van der Waals surface area contributed by atoms with Gasteiger partial charge < -0.3 is 4.74 Å². The molecule has 0 aliphatic heterocycles. The summed E-state index contributed by atoms with van der Waals surface area (Å²) in [6.45, 7) is 9.66. The van der Waals surface area contributed by atoms with Crippen molar-refractivity contribution in [2.24, 2.45) is 0 Å². The highest BCUT2D eigenvalue weighted by Crippen LogP contribution is 2.14. The molecule has 2 heteroatoms. The van der Waals surface area contributed by atoms with E-state index in [0.717, 1.165) is 24.8 Å². The summed E-state index contributed by atoms with van der Waals surface area (Å²) in [5, 5.41) is 0. The molecule has 0 aliphatic rings. The van der Waals surface area contributed by atoms with Crippen LogP contribution < -0.4 is 0 Å². The monoisotopic (exact) mass is 198 g/mol. The molecule has 0 aromatic heterocycles. The van der Waals surface area contributed by atoms with Crippen molar-refractivity contribution in [2.75, 3.05) is 0 Å². The van der Waals surface area contributed by atoms with E-state index < -0.39 is 5.60 Å². The molecule has 0 aliphatic carbocycles. The maximum Gasteiger partial charge on any atom is 0.334 e. The molecule has 14 heavy (non-hydrogen) atoms. The molecule has 0 saturated heterocycles. The number of unbranched alkanes of at least 4 members (excludes halogenated alkanes) is 1. The van der Waals surface area contributed by atoms with Crippen molar-refractivity contribution >= 4 is 5.97 Å². The fourth-order valence-corrected chi connectivity index (χ4v) is 1.08. The molecule has 0 radical (unpaired) electrons. The highest BCUT2D eigenvalue weighted by Gasteiger charge is 2.18. The van der Waals surface area contributed by atoms with Crippen LogP contribution in [-0.4, -0.2) is 11.6 Å². The minimum Gasteiger partial charge on any atom is -0.457 e. The summed E-state index contributed by atoms with van der Waals surface area (Å²) >= 11 is 0. The van der Waals surface area contributed by atoms with Gasteiger partial charge in [-0.15, -0.1) is 0 Å². The number of hydrogen-bond donors (Lipinski definition) is 0. The van der Waals surface area contributed by atoms with Crippen LogP contribution in [0.3, 0.4) is 0 Å². The molecular weight excluding hydrogens is 176 g/mol. The molecule has 2 nitrogen and oxygen atoms in total. The van der Waals surface area contributed by atoms with Crippen LogP contribution in [-0.2, 0) is 9.53 Å². The molecule has 0 rings (SSSR count). The van der Waals surface area contributed by atoms with Gasteiger partial charge in [-0.3, -0.25) is 0 Å². The van der Waals surface area contributed by atoms with Gasteiger partial charge in [-0.2, -0.15) is 0 Å². The van der Waals surface area contributed by atoms with E-state index in [1.54, 1.807) is 0 Å². The molecule has 0 atom stereocenters. The van der Waals surface area contributed by atoms with Crippen molar-refractivity contribution < 1.29 is 9.53 Å². The van der Waals surface area contributed by atoms with Crippen LogP contribution in [0.15, 0.2) is 11.6 Å². The lowest BCUT2D eigenvalue weighted by molar-refractivity contribution is -0.150. The van der Waals surface area contributed by atoms with E-state index in [2.05, 4.69) is 6.92 Å². The Labute approximate surface area is 87.3 Å². The molecule has 0 saturated carbocycles. The van der Waals surface area contributed by atoms with Gasteiger partial charge in [0.15, 0.2) is 0 Å². The van der Waals surface area contributed by atoms with Crippen molar-refractivity contribution in [3.63, 3.8) is 0 Å². The summed E-state index contributed by atoms with van der Waals surface area (Å²) in [7, 11) is 0. The molecule has 82 valence electrons. The minimum atomic E-state index is -0.391. The van der Waals surface area contributed by atoms with E-state index in [9.17, 15) is 4.79 Å². The minimum absolute atomic E-state index is 0.173. The van der Waals surface area contributed by atoms with Gasteiger partial charge in [-0.1, -0.05) is 19.4 Å². The molecular formula is C12H22O2. The predicted octanol–water partition coefficient (Wildman–Crippen LogP) is 3.46. The Morgan fingerprint density at radius 3 is 2.29 bits per heavy atom. The molecule has 0 N–H and O–H groups in total. The van der Waals surface area contributed by atoms with E-state index >= 15 is 0 Å². The summed E-state index contributed by atoms with van der Waals surface area (Å²) in [6, 6.07) is 0. The molecule has 0 aromatic rings. The smallest absolute Gasteiger partial charge is 0.334 e. The van der Waals surface area contributed by atoms with Gasteiger partial charge in [0.25, 0.3) is 0 Å². The van der Waals surface area contributed by atoms with Crippen LogP contribution in [0.25, 0.3) is 0 Å². The van der Waals surface area contributed by atoms with Gasteiger partial charge in [0.05, 0.1) is 0 Å². The number of carbonyl (C=O) groups excluding carboxylic acids is 1. The lowest BCUT2D eigenvalue weighted by Crippen LogP contribution is -2.24. The Morgan fingerprint density at radius 2 is 1.93 bits per heavy atom. The van der Waals surface area contributed by atoms with Crippen molar-refractivity contribution in [3.8, 4) is 0 Å². The van der Waals surface area contributed by atoms with Gasteiger partial charge in [0.1, 0.15) is 5.60 Å². The number of hydrogen-bond acceptors (Lipinski definition) is 2. The van der Waals surface area contributed by atoms with Crippen LogP contribution >= 0.6 is 0 Å². The Balaban J connectivity index is 4.20. The Morgan fingerprint density at radius 1 is 1.36 bits per heavy atom.